The molecule has 0 amide bonds. The van der Waals surface area contributed by atoms with Crippen LogP contribution in [0.3, 0.4) is 0 Å². The van der Waals surface area contributed by atoms with E-state index >= 15 is 0 Å². The third kappa shape index (κ3) is 3.57. The van der Waals surface area contributed by atoms with Gasteiger partial charge in [0.1, 0.15) is 11.7 Å². The second-order valence-electron chi connectivity index (χ2n) is 4.83. The number of hydrogen-bond acceptors (Lipinski definition) is 4. The number of benzene rings is 1. The molecule has 0 bridgehead atoms. The van der Waals surface area contributed by atoms with E-state index < -0.39 is 5.92 Å². The Kier molecular flexibility index (Phi) is 5.38. The highest BCUT2D eigenvalue weighted by Crippen LogP contribution is 2.31. The Morgan fingerprint density at radius 3 is 2.55 bits per heavy atom. The summed E-state index contributed by atoms with van der Waals surface area (Å²) in [5.74, 6) is -0.0762. The van der Waals surface area contributed by atoms with Crippen LogP contribution in [-0.2, 0) is 9.53 Å². The van der Waals surface area contributed by atoms with E-state index in [-0.39, 0.29) is 12.0 Å². The highest BCUT2D eigenvalue weighted by Gasteiger charge is 2.37. The van der Waals surface area contributed by atoms with Crippen molar-refractivity contribution < 1.29 is 14.3 Å². The SMILES string of the molecule is C=C1NC(=S)NC(c2ccc(OCC)cc2)C1C(=O)OCC. The van der Waals surface area contributed by atoms with E-state index in [4.69, 9.17) is 21.7 Å². The quantitative estimate of drug-likeness (QED) is 0.641. The number of nitrogens with one attached hydrogen (secondary N) is 2. The molecule has 1 heterocycles. The number of carbonyl (C=O) groups excluding carboxylic acids is 1. The van der Waals surface area contributed by atoms with Crippen LogP contribution in [0.5, 0.6) is 5.75 Å². The average molecular weight is 320 g/mol. The minimum Gasteiger partial charge on any atom is -0.494 e. The Morgan fingerprint density at radius 1 is 1.27 bits per heavy atom. The first-order valence-electron chi connectivity index (χ1n) is 7.22. The summed E-state index contributed by atoms with van der Waals surface area (Å²) in [4.78, 5) is 12.2. The molecule has 22 heavy (non-hydrogen) atoms. The fourth-order valence-corrected chi connectivity index (χ4v) is 2.67. The maximum Gasteiger partial charge on any atom is 0.317 e. The maximum atomic E-state index is 12.2. The molecule has 2 unspecified atom stereocenters. The van der Waals surface area contributed by atoms with Crippen LogP contribution in [0.15, 0.2) is 36.5 Å². The molecule has 5 nitrogen and oxygen atoms in total. The van der Waals surface area contributed by atoms with Gasteiger partial charge in [-0.25, -0.2) is 0 Å². The van der Waals surface area contributed by atoms with Crippen molar-refractivity contribution in [2.24, 2.45) is 5.92 Å². The molecule has 6 heteroatoms. The Labute approximate surface area is 135 Å². The van der Waals surface area contributed by atoms with Gasteiger partial charge in [0.25, 0.3) is 0 Å². The van der Waals surface area contributed by atoms with Gasteiger partial charge in [0.2, 0.25) is 0 Å². The molecule has 2 atom stereocenters. The second kappa shape index (κ2) is 7.26. The maximum absolute atomic E-state index is 12.2. The normalized spacial score (nSPS) is 20.8. The van der Waals surface area contributed by atoms with Gasteiger partial charge in [-0.1, -0.05) is 18.7 Å². The minimum atomic E-state index is -0.537. The fourth-order valence-electron chi connectivity index (χ4n) is 2.41. The van der Waals surface area contributed by atoms with Gasteiger partial charge in [0.15, 0.2) is 5.11 Å². The van der Waals surface area contributed by atoms with Crippen LogP contribution in [0.2, 0.25) is 0 Å². The smallest absolute Gasteiger partial charge is 0.317 e. The summed E-state index contributed by atoms with van der Waals surface area (Å²) in [6, 6.07) is 7.26. The summed E-state index contributed by atoms with van der Waals surface area (Å²) in [5.41, 5.74) is 1.47. The van der Waals surface area contributed by atoms with E-state index in [0.29, 0.717) is 24.0 Å². The molecule has 1 saturated heterocycles. The van der Waals surface area contributed by atoms with Crippen molar-refractivity contribution in [1.29, 1.82) is 0 Å². The Hall–Kier alpha value is -2.08. The molecule has 0 aromatic heterocycles. The molecule has 0 saturated carbocycles. The highest BCUT2D eigenvalue weighted by atomic mass is 32.1. The fraction of sp³-hybridized carbons (Fsp3) is 0.375. The molecule has 2 rings (SSSR count). The van der Waals surface area contributed by atoms with Crippen molar-refractivity contribution in [2.75, 3.05) is 13.2 Å². The van der Waals surface area contributed by atoms with Crippen molar-refractivity contribution in [3.05, 3.63) is 42.1 Å². The third-order valence-corrected chi connectivity index (χ3v) is 3.58. The molecule has 2 N–H and O–H groups in total. The number of esters is 1. The van der Waals surface area contributed by atoms with Crippen molar-refractivity contribution in [3.8, 4) is 5.75 Å². The standard InChI is InChI=1S/C16H20N2O3S/c1-4-20-12-8-6-11(7-9-12)14-13(15(19)21-5-2)10(3)17-16(22)18-14/h6-9,13-14H,3-5H2,1-2H3,(H2,17,18,22). The van der Waals surface area contributed by atoms with Crippen molar-refractivity contribution in [2.45, 2.75) is 19.9 Å². The van der Waals surface area contributed by atoms with Crippen LogP contribution in [0.1, 0.15) is 25.5 Å². The zero-order chi connectivity index (χ0) is 16.1. The van der Waals surface area contributed by atoms with E-state index in [2.05, 4.69) is 17.2 Å². The molecule has 0 aliphatic carbocycles. The van der Waals surface area contributed by atoms with Crippen LogP contribution >= 0.6 is 12.2 Å². The van der Waals surface area contributed by atoms with E-state index in [0.717, 1.165) is 11.3 Å². The highest BCUT2D eigenvalue weighted by molar-refractivity contribution is 7.80. The summed E-state index contributed by atoms with van der Waals surface area (Å²) in [5, 5.41) is 6.47. The van der Waals surface area contributed by atoms with Crippen LogP contribution in [-0.4, -0.2) is 24.3 Å². The number of carbonyl (C=O) groups is 1. The van der Waals surface area contributed by atoms with Crippen LogP contribution in [0.25, 0.3) is 0 Å². The summed E-state index contributed by atoms with van der Waals surface area (Å²) < 4.78 is 10.6. The van der Waals surface area contributed by atoms with Gasteiger partial charge < -0.3 is 20.1 Å². The molecule has 0 radical (unpaired) electrons. The lowest BCUT2D eigenvalue weighted by atomic mass is 9.89. The Bertz CT molecular complexity index is 571. The molecule has 1 aromatic carbocycles. The monoisotopic (exact) mass is 320 g/mol. The van der Waals surface area contributed by atoms with Gasteiger partial charge >= 0.3 is 5.97 Å². The zero-order valence-electron chi connectivity index (χ0n) is 12.7. The molecule has 1 aliphatic rings. The summed E-state index contributed by atoms with van der Waals surface area (Å²) >= 11 is 5.17. The lowest BCUT2D eigenvalue weighted by Gasteiger charge is -2.34. The topological polar surface area (TPSA) is 59.6 Å². The molecular weight excluding hydrogens is 300 g/mol. The van der Waals surface area contributed by atoms with E-state index in [1.165, 1.54) is 0 Å². The van der Waals surface area contributed by atoms with Gasteiger partial charge in [-0.05, 0) is 43.8 Å². The number of rotatable bonds is 5. The number of ether oxygens (including phenoxy) is 2. The van der Waals surface area contributed by atoms with Crippen LogP contribution < -0.4 is 15.4 Å². The van der Waals surface area contributed by atoms with Gasteiger partial charge in [-0.2, -0.15) is 0 Å². The van der Waals surface area contributed by atoms with Gasteiger partial charge in [-0.15, -0.1) is 0 Å². The molecule has 0 spiro atoms. The molecule has 118 valence electrons. The number of thiocarbonyl (C=S) groups is 1. The minimum absolute atomic E-state index is 0.309. The third-order valence-electron chi connectivity index (χ3n) is 3.36. The predicted octanol–water partition coefficient (Wildman–Crippen LogP) is 2.30. The first kappa shape index (κ1) is 16.3. The first-order valence-corrected chi connectivity index (χ1v) is 7.63. The summed E-state index contributed by atoms with van der Waals surface area (Å²) in [6.45, 7) is 8.55. The van der Waals surface area contributed by atoms with Gasteiger partial charge in [0.05, 0.1) is 19.3 Å². The van der Waals surface area contributed by atoms with Gasteiger partial charge in [0, 0.05) is 5.70 Å². The van der Waals surface area contributed by atoms with Crippen molar-refractivity contribution in [1.82, 2.24) is 10.6 Å². The van der Waals surface area contributed by atoms with E-state index in [1.807, 2.05) is 31.2 Å². The van der Waals surface area contributed by atoms with Gasteiger partial charge in [-0.3, -0.25) is 4.79 Å². The summed E-state index contributed by atoms with van der Waals surface area (Å²) in [7, 11) is 0. The molecule has 1 aliphatic heterocycles. The lowest BCUT2D eigenvalue weighted by molar-refractivity contribution is -0.147. The van der Waals surface area contributed by atoms with Crippen LogP contribution in [0.4, 0.5) is 0 Å². The Morgan fingerprint density at radius 2 is 1.95 bits per heavy atom. The zero-order valence-corrected chi connectivity index (χ0v) is 13.5. The van der Waals surface area contributed by atoms with E-state index in [9.17, 15) is 4.79 Å². The number of hydrogen-bond donors (Lipinski definition) is 2. The second-order valence-corrected chi connectivity index (χ2v) is 5.24. The van der Waals surface area contributed by atoms with Crippen molar-refractivity contribution in [3.63, 3.8) is 0 Å². The molecular formula is C16H20N2O3S. The molecule has 1 aromatic rings. The lowest BCUT2D eigenvalue weighted by Crippen LogP contribution is -2.50. The first-order chi connectivity index (χ1) is 10.6. The predicted molar refractivity (Wildman–Crippen MR) is 88.5 cm³/mol. The Balaban J connectivity index is 2.28. The van der Waals surface area contributed by atoms with Crippen LogP contribution in [0, 0.1) is 5.92 Å². The average Bonchev–Trinajstić information content (AvgIpc) is 2.47. The van der Waals surface area contributed by atoms with E-state index in [1.54, 1.807) is 6.92 Å². The summed E-state index contributed by atoms with van der Waals surface area (Å²) in [6.07, 6.45) is 0. The largest absolute Gasteiger partial charge is 0.494 e. The van der Waals surface area contributed by atoms with Crippen molar-refractivity contribution >= 4 is 23.3 Å². The molecule has 1 fully saturated rings.